The van der Waals surface area contributed by atoms with E-state index in [1.165, 1.54) is 0 Å². The molecule has 0 atom stereocenters. The van der Waals surface area contributed by atoms with E-state index < -0.39 is 5.72 Å². The fraction of sp³-hybridized carbons (Fsp3) is 0.286. The van der Waals surface area contributed by atoms with Crippen molar-refractivity contribution in [2.75, 3.05) is 6.61 Å². The molecule has 7 heteroatoms. The molecule has 1 aromatic heterocycles. The first-order valence-electron chi connectivity index (χ1n) is 11.4. The Morgan fingerprint density at radius 3 is 2.46 bits per heavy atom. The molecular formula is C28H29NO6. The van der Waals surface area contributed by atoms with E-state index in [0.717, 1.165) is 29.7 Å². The summed E-state index contributed by atoms with van der Waals surface area (Å²) < 4.78 is 11.3. The van der Waals surface area contributed by atoms with Crippen LogP contribution in [0.25, 0.3) is 11.3 Å². The van der Waals surface area contributed by atoms with Crippen molar-refractivity contribution in [2.45, 2.75) is 44.9 Å². The molecule has 1 amide bonds. The minimum Gasteiger partial charge on any atom is -0.483 e. The Balaban J connectivity index is 0.00000108. The summed E-state index contributed by atoms with van der Waals surface area (Å²) in [6.45, 7) is 2.39. The Bertz CT molecular complexity index is 1150. The zero-order valence-electron chi connectivity index (χ0n) is 19.6. The van der Waals surface area contributed by atoms with E-state index >= 15 is 0 Å². The van der Waals surface area contributed by atoms with Crippen molar-refractivity contribution in [3.05, 3.63) is 78.1 Å². The van der Waals surface area contributed by atoms with Gasteiger partial charge in [0.05, 0.1) is 12.8 Å². The summed E-state index contributed by atoms with van der Waals surface area (Å²) in [6.07, 6.45) is 4.61. The average molecular weight is 476 g/mol. The maximum absolute atomic E-state index is 13.4. The zero-order valence-corrected chi connectivity index (χ0v) is 19.6. The van der Waals surface area contributed by atoms with E-state index in [2.05, 4.69) is 18.8 Å². The van der Waals surface area contributed by atoms with Gasteiger partial charge in [-0.3, -0.25) is 9.59 Å². The monoisotopic (exact) mass is 475 g/mol. The van der Waals surface area contributed by atoms with Crippen LogP contribution in [0.4, 0.5) is 0 Å². The average Bonchev–Trinajstić information content (AvgIpc) is 3.38. The van der Waals surface area contributed by atoms with Crippen LogP contribution in [-0.2, 0) is 11.3 Å². The minimum absolute atomic E-state index is 0.214. The van der Waals surface area contributed by atoms with Gasteiger partial charge in [-0.2, -0.15) is 0 Å². The van der Waals surface area contributed by atoms with Gasteiger partial charge >= 0.3 is 0 Å². The lowest BCUT2D eigenvalue weighted by Crippen LogP contribution is -2.41. The van der Waals surface area contributed by atoms with Gasteiger partial charge in [-0.25, -0.2) is 0 Å². The Morgan fingerprint density at radius 2 is 1.83 bits per heavy atom. The van der Waals surface area contributed by atoms with Gasteiger partial charge in [-0.1, -0.05) is 49.1 Å². The van der Waals surface area contributed by atoms with E-state index in [0.29, 0.717) is 30.8 Å². The molecule has 2 aromatic carbocycles. The molecule has 1 fully saturated rings. The molecule has 1 heterocycles. The van der Waals surface area contributed by atoms with E-state index in [1.807, 2.05) is 48.5 Å². The summed E-state index contributed by atoms with van der Waals surface area (Å²) >= 11 is 0. The lowest BCUT2D eigenvalue weighted by Gasteiger charge is -2.29. The van der Waals surface area contributed by atoms with Gasteiger partial charge < -0.3 is 24.3 Å². The molecule has 1 aliphatic rings. The SMILES string of the molecule is CCCC#CCOc1ccccc1CN(C(=O)c1ccc(-c2ccco2)cc1)C1(O)CC1.O=CO. The summed E-state index contributed by atoms with van der Waals surface area (Å²) in [7, 11) is 0. The van der Waals surface area contributed by atoms with Crippen molar-refractivity contribution >= 4 is 12.4 Å². The van der Waals surface area contributed by atoms with E-state index in [4.69, 9.17) is 19.1 Å². The second-order valence-electron chi connectivity index (χ2n) is 8.03. The van der Waals surface area contributed by atoms with Crippen LogP contribution in [0, 0.1) is 11.8 Å². The Labute approximate surface area is 205 Å². The minimum atomic E-state index is -1.12. The number of carbonyl (C=O) groups excluding carboxylic acids is 1. The number of benzene rings is 2. The van der Waals surface area contributed by atoms with Crippen LogP contribution in [0.1, 0.15) is 48.5 Å². The Hall–Kier alpha value is -4.02. The van der Waals surface area contributed by atoms with Crippen molar-refractivity contribution in [2.24, 2.45) is 0 Å². The molecule has 1 aliphatic carbocycles. The van der Waals surface area contributed by atoms with Gasteiger partial charge in [0.15, 0.2) is 0 Å². The molecule has 7 nitrogen and oxygen atoms in total. The normalized spacial score (nSPS) is 12.9. The molecule has 1 saturated carbocycles. The van der Waals surface area contributed by atoms with E-state index in [-0.39, 0.29) is 18.9 Å². The number of hydrogen-bond acceptors (Lipinski definition) is 5. The van der Waals surface area contributed by atoms with E-state index in [1.54, 1.807) is 23.3 Å². The fourth-order valence-corrected chi connectivity index (χ4v) is 3.49. The Kier molecular flexibility index (Phi) is 9.10. The summed E-state index contributed by atoms with van der Waals surface area (Å²) in [5.41, 5.74) is 1.13. The smallest absolute Gasteiger partial charge is 0.290 e. The van der Waals surface area contributed by atoms with Gasteiger partial charge in [-0.15, -0.1) is 0 Å². The van der Waals surface area contributed by atoms with Crippen molar-refractivity contribution in [3.63, 3.8) is 0 Å². The molecule has 0 bridgehead atoms. The molecule has 0 saturated heterocycles. The molecule has 0 spiro atoms. The summed E-state index contributed by atoms with van der Waals surface area (Å²) in [4.78, 5) is 23.3. The molecule has 0 aliphatic heterocycles. The number of aliphatic hydroxyl groups is 1. The lowest BCUT2D eigenvalue weighted by atomic mass is 10.1. The molecule has 0 radical (unpaired) electrons. The first-order valence-corrected chi connectivity index (χ1v) is 11.4. The number of para-hydroxylation sites is 1. The molecule has 182 valence electrons. The number of rotatable bonds is 8. The molecular weight excluding hydrogens is 446 g/mol. The quantitative estimate of drug-likeness (QED) is 0.272. The summed E-state index contributed by atoms with van der Waals surface area (Å²) in [6, 6.07) is 18.5. The maximum atomic E-state index is 13.4. The number of amides is 1. The molecule has 35 heavy (non-hydrogen) atoms. The second-order valence-corrected chi connectivity index (χ2v) is 8.03. The Morgan fingerprint density at radius 1 is 1.11 bits per heavy atom. The predicted molar refractivity (Wildman–Crippen MR) is 132 cm³/mol. The van der Waals surface area contributed by atoms with Crippen LogP contribution in [0.5, 0.6) is 5.75 Å². The third-order valence-corrected chi connectivity index (χ3v) is 5.48. The van der Waals surface area contributed by atoms with Crippen LogP contribution in [0.3, 0.4) is 0 Å². The van der Waals surface area contributed by atoms with Crippen molar-refractivity contribution in [3.8, 4) is 28.9 Å². The lowest BCUT2D eigenvalue weighted by molar-refractivity contribution is -0.122. The maximum Gasteiger partial charge on any atom is 0.290 e. The van der Waals surface area contributed by atoms with Crippen molar-refractivity contribution < 1.29 is 29.0 Å². The van der Waals surface area contributed by atoms with Crippen LogP contribution in [0.2, 0.25) is 0 Å². The number of ether oxygens (including phenoxy) is 1. The van der Waals surface area contributed by atoms with Gasteiger partial charge in [0.25, 0.3) is 12.4 Å². The first-order chi connectivity index (χ1) is 17.0. The number of nitrogens with zero attached hydrogens (tertiary/aromatic N) is 1. The number of unbranched alkanes of at least 4 members (excludes halogenated alkanes) is 1. The topological polar surface area (TPSA) is 100 Å². The van der Waals surface area contributed by atoms with E-state index in [9.17, 15) is 9.90 Å². The largest absolute Gasteiger partial charge is 0.483 e. The highest BCUT2D eigenvalue weighted by molar-refractivity contribution is 5.95. The zero-order chi connectivity index (χ0) is 25.1. The van der Waals surface area contributed by atoms with Crippen molar-refractivity contribution in [1.82, 2.24) is 4.90 Å². The second kappa shape index (κ2) is 12.4. The van der Waals surface area contributed by atoms with Gasteiger partial charge in [0.2, 0.25) is 0 Å². The number of carboxylic acid groups (broad SMARTS) is 1. The number of carbonyl (C=O) groups is 2. The molecule has 3 aromatic rings. The third kappa shape index (κ3) is 6.98. The summed E-state index contributed by atoms with van der Waals surface area (Å²) in [5.74, 6) is 7.29. The number of hydrogen-bond donors (Lipinski definition) is 2. The van der Waals surface area contributed by atoms with Gasteiger partial charge in [0.1, 0.15) is 23.8 Å². The van der Waals surface area contributed by atoms with Crippen molar-refractivity contribution in [1.29, 1.82) is 0 Å². The van der Waals surface area contributed by atoms with Crippen LogP contribution in [0.15, 0.2) is 71.3 Å². The molecule has 4 rings (SSSR count). The first kappa shape index (κ1) is 25.6. The van der Waals surface area contributed by atoms with Crippen LogP contribution < -0.4 is 4.74 Å². The molecule has 0 unspecified atom stereocenters. The highest BCUT2D eigenvalue weighted by Gasteiger charge is 2.49. The van der Waals surface area contributed by atoms with Gasteiger partial charge in [0, 0.05) is 23.1 Å². The van der Waals surface area contributed by atoms with Crippen LogP contribution >= 0.6 is 0 Å². The summed E-state index contributed by atoms with van der Waals surface area (Å²) in [5, 5.41) is 17.8. The highest BCUT2D eigenvalue weighted by Crippen LogP contribution is 2.41. The fourth-order valence-electron chi connectivity index (χ4n) is 3.49. The van der Waals surface area contributed by atoms with Gasteiger partial charge in [-0.05, 0) is 49.6 Å². The highest BCUT2D eigenvalue weighted by atomic mass is 16.5. The predicted octanol–water partition coefficient (Wildman–Crippen LogP) is 4.95. The standard InChI is InChI=1S/C27H27NO4.CH2O2/c1-2-3-4-7-18-31-25-10-6-5-9-23(25)20-28(27(30)16-17-27)26(29)22-14-12-21(13-15-22)24-11-8-19-32-24;2-1-3/h5-6,8-15,19,30H,2-3,16-18,20H2,1H3;1H,(H,2,3). The third-order valence-electron chi connectivity index (χ3n) is 5.48. The van der Waals surface area contributed by atoms with Crippen LogP contribution in [-0.4, -0.2) is 39.8 Å². The number of furan rings is 1. The molecule has 2 N–H and O–H groups in total.